The number of fused-ring (bicyclic) bond motifs is 1. The van der Waals surface area contributed by atoms with Gasteiger partial charge < -0.3 is 0 Å². The third kappa shape index (κ3) is 0.789. The van der Waals surface area contributed by atoms with Crippen LogP contribution in [0.4, 0.5) is 0 Å². The summed E-state index contributed by atoms with van der Waals surface area (Å²) < 4.78 is 0. The summed E-state index contributed by atoms with van der Waals surface area (Å²) in [5.41, 5.74) is 0. The average molecular weight is 140 g/mol. The predicted molar refractivity (Wildman–Crippen MR) is 41.2 cm³/mol. The van der Waals surface area contributed by atoms with Crippen molar-refractivity contribution in [2.75, 3.05) is 0 Å². The monoisotopic (exact) mass is 140 g/mol. The molecule has 2 heteroatoms. The first-order chi connectivity index (χ1) is 4.70. The minimum absolute atomic E-state index is 0.670. The zero-order chi connectivity index (χ0) is 7.30. The largest absolute Gasteiger partial charge is 0.268 e. The third-order valence-electron chi connectivity index (χ3n) is 2.96. The summed E-state index contributed by atoms with van der Waals surface area (Å²) in [6, 6.07) is 1.43. The van der Waals surface area contributed by atoms with Crippen LogP contribution in [0.1, 0.15) is 26.7 Å². The molecule has 1 heterocycles. The molecule has 1 aliphatic carbocycles. The molecule has 0 spiro atoms. The second-order valence-corrected chi connectivity index (χ2v) is 4.06. The zero-order valence-electron chi connectivity index (χ0n) is 6.75. The minimum Gasteiger partial charge on any atom is -0.268 e. The van der Waals surface area contributed by atoms with Crippen molar-refractivity contribution in [2.24, 2.45) is 17.7 Å². The van der Waals surface area contributed by atoms with E-state index in [2.05, 4.69) is 18.9 Å². The first kappa shape index (κ1) is 6.62. The van der Waals surface area contributed by atoms with E-state index in [0.29, 0.717) is 6.04 Å². The minimum atomic E-state index is 0.670. The van der Waals surface area contributed by atoms with Crippen LogP contribution in [0.5, 0.6) is 0 Å². The summed E-state index contributed by atoms with van der Waals surface area (Å²) >= 11 is 0. The van der Waals surface area contributed by atoms with E-state index in [9.17, 15) is 0 Å². The van der Waals surface area contributed by atoms with Crippen molar-refractivity contribution in [1.29, 1.82) is 0 Å². The predicted octanol–water partition coefficient (Wildman–Crippen LogP) is 0.979. The molecule has 58 valence electrons. The summed E-state index contributed by atoms with van der Waals surface area (Å²) in [6.45, 7) is 4.52. The molecule has 2 rings (SSSR count). The van der Waals surface area contributed by atoms with Gasteiger partial charge in [-0.1, -0.05) is 13.8 Å². The van der Waals surface area contributed by atoms with Crippen molar-refractivity contribution in [3.8, 4) is 0 Å². The standard InChI is InChI=1S/C8H16N2/c1-5(2)7-3-6-4-8(6)10(7)9/h5-8H,3-4,9H2,1-2H3. The SMILES string of the molecule is CC(C)C1CC2CC2N1N. The number of hydrogen-bond acceptors (Lipinski definition) is 2. The van der Waals surface area contributed by atoms with Gasteiger partial charge in [0.05, 0.1) is 0 Å². The van der Waals surface area contributed by atoms with Gasteiger partial charge in [0.1, 0.15) is 0 Å². The van der Waals surface area contributed by atoms with Crippen molar-refractivity contribution in [3.05, 3.63) is 0 Å². The number of nitrogens with two attached hydrogens (primary N) is 1. The van der Waals surface area contributed by atoms with Crippen LogP contribution in [0.15, 0.2) is 0 Å². The summed E-state index contributed by atoms with van der Waals surface area (Å²) in [6.07, 6.45) is 2.71. The molecule has 2 nitrogen and oxygen atoms in total. The molecule has 3 unspecified atom stereocenters. The maximum absolute atomic E-state index is 5.90. The zero-order valence-corrected chi connectivity index (χ0v) is 6.75. The van der Waals surface area contributed by atoms with E-state index in [1.807, 2.05) is 0 Å². The molecule has 1 saturated heterocycles. The molecule has 0 aromatic rings. The van der Waals surface area contributed by atoms with Crippen LogP contribution in [0.25, 0.3) is 0 Å². The number of piperidine rings is 1. The van der Waals surface area contributed by atoms with E-state index < -0.39 is 0 Å². The van der Waals surface area contributed by atoms with E-state index in [1.165, 1.54) is 12.8 Å². The van der Waals surface area contributed by atoms with E-state index in [-0.39, 0.29) is 0 Å². The van der Waals surface area contributed by atoms with Crippen molar-refractivity contribution in [2.45, 2.75) is 38.8 Å². The van der Waals surface area contributed by atoms with Crippen LogP contribution in [-0.4, -0.2) is 17.1 Å². The smallest absolute Gasteiger partial charge is 0.0277 e. The fraction of sp³-hybridized carbons (Fsp3) is 1.00. The Morgan fingerprint density at radius 3 is 2.40 bits per heavy atom. The normalized spacial score (nSPS) is 46.2. The molecule has 2 N–H and O–H groups in total. The van der Waals surface area contributed by atoms with E-state index in [0.717, 1.165) is 17.9 Å². The van der Waals surface area contributed by atoms with Crippen molar-refractivity contribution in [3.63, 3.8) is 0 Å². The fourth-order valence-corrected chi connectivity index (χ4v) is 2.14. The van der Waals surface area contributed by atoms with E-state index in [1.54, 1.807) is 0 Å². The Kier molecular flexibility index (Phi) is 1.29. The Balaban J connectivity index is 2.00. The lowest BCUT2D eigenvalue weighted by Gasteiger charge is -2.25. The van der Waals surface area contributed by atoms with Crippen molar-refractivity contribution < 1.29 is 0 Å². The lowest BCUT2D eigenvalue weighted by atomic mass is 10.0. The average Bonchev–Trinajstić information content (AvgIpc) is 2.54. The number of nitrogens with zero attached hydrogens (tertiary/aromatic N) is 1. The quantitative estimate of drug-likeness (QED) is 0.550. The molecule has 2 fully saturated rings. The highest BCUT2D eigenvalue weighted by Gasteiger charge is 2.51. The second-order valence-electron chi connectivity index (χ2n) is 4.06. The Morgan fingerprint density at radius 1 is 1.40 bits per heavy atom. The maximum atomic E-state index is 5.90. The molecule has 2 aliphatic rings. The third-order valence-corrected chi connectivity index (χ3v) is 2.96. The van der Waals surface area contributed by atoms with Crippen LogP contribution < -0.4 is 5.84 Å². The van der Waals surface area contributed by atoms with Crippen LogP contribution in [0.3, 0.4) is 0 Å². The van der Waals surface area contributed by atoms with E-state index >= 15 is 0 Å². The Bertz CT molecular complexity index is 144. The molecule has 1 aliphatic heterocycles. The molecule has 1 saturated carbocycles. The number of hydrazine groups is 1. The first-order valence-electron chi connectivity index (χ1n) is 4.23. The molecule has 3 atom stereocenters. The molecule has 10 heavy (non-hydrogen) atoms. The lowest BCUT2D eigenvalue weighted by Crippen LogP contribution is -2.41. The summed E-state index contributed by atoms with van der Waals surface area (Å²) in [4.78, 5) is 0. The summed E-state index contributed by atoms with van der Waals surface area (Å²) in [5, 5.41) is 2.09. The fourth-order valence-electron chi connectivity index (χ4n) is 2.14. The first-order valence-corrected chi connectivity index (χ1v) is 4.23. The van der Waals surface area contributed by atoms with Crippen molar-refractivity contribution >= 4 is 0 Å². The molecule has 0 aromatic carbocycles. The van der Waals surface area contributed by atoms with Gasteiger partial charge in [0, 0.05) is 12.1 Å². The highest BCUT2D eigenvalue weighted by molar-refractivity contribution is 5.04. The van der Waals surface area contributed by atoms with Crippen LogP contribution in [0, 0.1) is 11.8 Å². The molecular weight excluding hydrogens is 124 g/mol. The molecule has 0 aromatic heterocycles. The molecular formula is C8H16N2. The molecule has 0 amide bonds. The highest BCUT2D eigenvalue weighted by atomic mass is 15.5. The maximum Gasteiger partial charge on any atom is 0.0277 e. The van der Waals surface area contributed by atoms with Gasteiger partial charge >= 0.3 is 0 Å². The topological polar surface area (TPSA) is 29.3 Å². The highest BCUT2D eigenvalue weighted by Crippen LogP contribution is 2.47. The Hall–Kier alpha value is -0.0800. The molecule has 0 bridgehead atoms. The van der Waals surface area contributed by atoms with E-state index in [4.69, 9.17) is 5.84 Å². The Labute approximate surface area is 62.4 Å². The number of rotatable bonds is 1. The Morgan fingerprint density at radius 2 is 2.10 bits per heavy atom. The van der Waals surface area contributed by atoms with Gasteiger partial charge in [0.15, 0.2) is 0 Å². The van der Waals surface area contributed by atoms with Crippen LogP contribution in [0.2, 0.25) is 0 Å². The summed E-state index contributed by atoms with van der Waals surface area (Å²) in [7, 11) is 0. The van der Waals surface area contributed by atoms with Gasteiger partial charge in [0.2, 0.25) is 0 Å². The van der Waals surface area contributed by atoms with Crippen LogP contribution >= 0.6 is 0 Å². The van der Waals surface area contributed by atoms with Crippen LogP contribution in [-0.2, 0) is 0 Å². The number of hydrogen-bond donors (Lipinski definition) is 1. The summed E-state index contributed by atoms with van der Waals surface area (Å²) in [5.74, 6) is 7.59. The van der Waals surface area contributed by atoms with Gasteiger partial charge in [-0.25, -0.2) is 5.01 Å². The van der Waals surface area contributed by atoms with Crippen molar-refractivity contribution in [1.82, 2.24) is 5.01 Å². The molecule has 0 radical (unpaired) electrons. The van der Waals surface area contributed by atoms with Gasteiger partial charge in [-0.3, -0.25) is 5.84 Å². The van der Waals surface area contributed by atoms with Gasteiger partial charge in [0.25, 0.3) is 0 Å². The van der Waals surface area contributed by atoms with Gasteiger partial charge in [-0.05, 0) is 24.7 Å². The van der Waals surface area contributed by atoms with Gasteiger partial charge in [-0.15, -0.1) is 0 Å². The lowest BCUT2D eigenvalue weighted by molar-refractivity contribution is 0.178. The van der Waals surface area contributed by atoms with Gasteiger partial charge in [-0.2, -0.15) is 0 Å². The second kappa shape index (κ2) is 1.95.